The fourth-order valence-electron chi connectivity index (χ4n) is 3.55. The van der Waals surface area contributed by atoms with Gasteiger partial charge in [-0.2, -0.15) is 0 Å². The molecular formula is C18H16BrN3O3. The third-order valence-corrected chi connectivity index (χ3v) is 5.09. The van der Waals surface area contributed by atoms with E-state index in [1.807, 2.05) is 6.07 Å². The van der Waals surface area contributed by atoms with E-state index in [1.165, 1.54) is 0 Å². The van der Waals surface area contributed by atoms with Crippen LogP contribution < -0.4 is 5.32 Å². The number of nitrogens with zero attached hydrogens (tertiary/aromatic N) is 2. The molecule has 2 aliphatic rings. The molecule has 0 saturated carbocycles. The van der Waals surface area contributed by atoms with Crippen LogP contribution in [-0.2, 0) is 27.8 Å². The molecule has 1 aliphatic heterocycles. The van der Waals surface area contributed by atoms with Gasteiger partial charge in [0.05, 0.1) is 11.5 Å². The highest BCUT2D eigenvalue weighted by molar-refractivity contribution is 9.10. The Morgan fingerprint density at radius 1 is 1.24 bits per heavy atom. The molecular weight excluding hydrogens is 386 g/mol. The topological polar surface area (TPSA) is 81.2 Å². The van der Waals surface area contributed by atoms with Crippen molar-refractivity contribution in [3.8, 4) is 0 Å². The van der Waals surface area contributed by atoms with Crippen molar-refractivity contribution in [2.24, 2.45) is 0 Å². The molecule has 25 heavy (non-hydrogen) atoms. The highest BCUT2D eigenvalue weighted by atomic mass is 79.9. The van der Waals surface area contributed by atoms with Gasteiger partial charge in [-0.3, -0.25) is 4.79 Å². The molecule has 0 radical (unpaired) electrons. The maximum Gasteiger partial charge on any atom is 0.357 e. The molecule has 1 atom stereocenters. The molecule has 3 heterocycles. The molecule has 1 amide bonds. The van der Waals surface area contributed by atoms with Crippen LogP contribution in [0, 0.1) is 0 Å². The number of carbonyl (C=O) groups is 2. The SMILES string of the molecule is CC(C)OC(=O)c1cc2c(cn1)C[C@]1(C2)C(=O)Nc2ncc(Br)cc21. The van der Waals surface area contributed by atoms with Crippen molar-refractivity contribution in [1.29, 1.82) is 0 Å². The lowest BCUT2D eigenvalue weighted by molar-refractivity contribution is -0.120. The Morgan fingerprint density at radius 3 is 2.76 bits per heavy atom. The van der Waals surface area contributed by atoms with E-state index in [4.69, 9.17) is 4.74 Å². The van der Waals surface area contributed by atoms with Gasteiger partial charge in [-0.25, -0.2) is 14.8 Å². The largest absolute Gasteiger partial charge is 0.458 e. The van der Waals surface area contributed by atoms with Crippen LogP contribution in [0.2, 0.25) is 0 Å². The van der Waals surface area contributed by atoms with Crippen molar-refractivity contribution in [3.05, 3.63) is 51.4 Å². The number of hydrogen-bond donors (Lipinski definition) is 1. The predicted molar refractivity (Wildman–Crippen MR) is 94.4 cm³/mol. The number of anilines is 1. The minimum absolute atomic E-state index is 0.0596. The monoisotopic (exact) mass is 401 g/mol. The van der Waals surface area contributed by atoms with Crippen LogP contribution in [0.5, 0.6) is 0 Å². The number of nitrogens with one attached hydrogen (secondary N) is 1. The molecule has 0 fully saturated rings. The fourth-order valence-corrected chi connectivity index (χ4v) is 3.88. The number of rotatable bonds is 2. The first-order valence-corrected chi connectivity index (χ1v) is 8.84. The minimum atomic E-state index is -0.684. The van der Waals surface area contributed by atoms with E-state index in [0.717, 1.165) is 21.2 Å². The molecule has 1 spiro atoms. The first-order chi connectivity index (χ1) is 11.9. The normalized spacial score (nSPS) is 20.6. The summed E-state index contributed by atoms with van der Waals surface area (Å²) in [5.74, 6) is 0.100. The summed E-state index contributed by atoms with van der Waals surface area (Å²) in [4.78, 5) is 33.3. The summed E-state index contributed by atoms with van der Waals surface area (Å²) in [5, 5.41) is 2.87. The summed E-state index contributed by atoms with van der Waals surface area (Å²) in [6, 6.07) is 3.68. The molecule has 128 valence electrons. The van der Waals surface area contributed by atoms with Crippen LogP contribution in [-0.4, -0.2) is 27.9 Å². The van der Waals surface area contributed by atoms with Crippen LogP contribution in [0.4, 0.5) is 5.82 Å². The van der Waals surface area contributed by atoms with Gasteiger partial charge in [0.2, 0.25) is 5.91 Å². The average molecular weight is 402 g/mol. The first kappa shape index (κ1) is 16.2. The van der Waals surface area contributed by atoms with Crippen LogP contribution in [0.25, 0.3) is 0 Å². The van der Waals surface area contributed by atoms with E-state index in [2.05, 4.69) is 31.2 Å². The van der Waals surface area contributed by atoms with Gasteiger partial charge in [0, 0.05) is 22.4 Å². The Bertz CT molecular complexity index is 912. The van der Waals surface area contributed by atoms with Gasteiger partial charge in [0.15, 0.2) is 0 Å². The van der Waals surface area contributed by atoms with E-state index in [1.54, 1.807) is 32.3 Å². The second-order valence-corrected chi connectivity index (χ2v) is 7.65. The maximum atomic E-state index is 12.7. The Balaban J connectivity index is 1.71. The lowest BCUT2D eigenvalue weighted by Crippen LogP contribution is -2.35. The standard InChI is InChI=1S/C18H16BrN3O3/c1-9(2)25-16(23)14-3-10-5-18(6-11(10)7-20-14)13-4-12(19)8-21-15(13)22-17(18)24/h3-4,7-9H,5-6H2,1-2H3,(H,21,22,24)/t18-/m0/s1. The van der Waals surface area contributed by atoms with Crippen molar-refractivity contribution in [1.82, 2.24) is 9.97 Å². The first-order valence-electron chi connectivity index (χ1n) is 8.05. The van der Waals surface area contributed by atoms with Gasteiger partial charge >= 0.3 is 5.97 Å². The second-order valence-electron chi connectivity index (χ2n) is 6.73. The maximum absolute atomic E-state index is 12.7. The highest BCUT2D eigenvalue weighted by Gasteiger charge is 2.51. The zero-order valence-electron chi connectivity index (χ0n) is 13.8. The Morgan fingerprint density at radius 2 is 2.00 bits per heavy atom. The summed E-state index contributed by atoms with van der Waals surface area (Å²) in [7, 11) is 0. The molecule has 1 N–H and O–H groups in total. The molecule has 2 aromatic heterocycles. The minimum Gasteiger partial charge on any atom is -0.458 e. The van der Waals surface area contributed by atoms with Gasteiger partial charge in [0.25, 0.3) is 0 Å². The smallest absolute Gasteiger partial charge is 0.357 e. The molecule has 0 bridgehead atoms. The van der Waals surface area contributed by atoms with E-state index in [9.17, 15) is 9.59 Å². The van der Waals surface area contributed by atoms with Crippen molar-refractivity contribution in [3.63, 3.8) is 0 Å². The van der Waals surface area contributed by atoms with Gasteiger partial charge in [-0.15, -0.1) is 0 Å². The number of hydrogen-bond acceptors (Lipinski definition) is 5. The fraction of sp³-hybridized carbons (Fsp3) is 0.333. The Hall–Kier alpha value is -2.28. The lowest BCUT2D eigenvalue weighted by Gasteiger charge is -2.20. The molecule has 7 heteroatoms. The third-order valence-electron chi connectivity index (χ3n) is 4.66. The molecule has 1 aliphatic carbocycles. The van der Waals surface area contributed by atoms with Crippen LogP contribution >= 0.6 is 15.9 Å². The molecule has 0 saturated heterocycles. The summed E-state index contributed by atoms with van der Waals surface area (Å²) in [6.07, 6.45) is 4.21. The van der Waals surface area contributed by atoms with E-state index >= 15 is 0 Å². The third kappa shape index (κ3) is 2.54. The van der Waals surface area contributed by atoms with Crippen molar-refractivity contribution >= 4 is 33.6 Å². The van der Waals surface area contributed by atoms with E-state index in [0.29, 0.717) is 18.7 Å². The van der Waals surface area contributed by atoms with Crippen LogP contribution in [0.3, 0.4) is 0 Å². The number of pyridine rings is 2. The number of carbonyl (C=O) groups excluding carboxylic acids is 2. The number of ether oxygens (including phenoxy) is 1. The summed E-state index contributed by atoms with van der Waals surface area (Å²) >= 11 is 3.43. The molecule has 0 unspecified atom stereocenters. The average Bonchev–Trinajstić information content (AvgIpc) is 3.06. The number of esters is 1. The van der Waals surface area contributed by atoms with Crippen molar-refractivity contribution in [2.45, 2.75) is 38.2 Å². The zero-order chi connectivity index (χ0) is 17.8. The molecule has 0 aromatic carbocycles. The van der Waals surface area contributed by atoms with Gasteiger partial charge in [-0.1, -0.05) is 0 Å². The number of amides is 1. The number of halogens is 1. The molecule has 2 aromatic rings. The summed E-state index contributed by atoms with van der Waals surface area (Å²) < 4.78 is 6.04. The van der Waals surface area contributed by atoms with Gasteiger partial charge in [-0.05, 0) is 65.9 Å². The quantitative estimate of drug-likeness (QED) is 0.782. The van der Waals surface area contributed by atoms with Crippen molar-refractivity contribution < 1.29 is 14.3 Å². The molecule has 4 rings (SSSR count). The van der Waals surface area contributed by atoms with Gasteiger partial charge in [0.1, 0.15) is 11.5 Å². The number of fused-ring (bicyclic) bond motifs is 3. The highest BCUT2D eigenvalue weighted by Crippen LogP contribution is 2.47. The number of aromatic nitrogens is 2. The van der Waals surface area contributed by atoms with Crippen LogP contribution in [0.15, 0.2) is 29.0 Å². The van der Waals surface area contributed by atoms with Crippen LogP contribution in [0.1, 0.15) is 41.0 Å². The lowest BCUT2D eigenvalue weighted by atomic mass is 9.79. The van der Waals surface area contributed by atoms with Gasteiger partial charge < -0.3 is 10.1 Å². The Kier molecular flexibility index (Phi) is 3.64. The molecule has 6 nitrogen and oxygen atoms in total. The second kappa shape index (κ2) is 5.62. The Labute approximate surface area is 153 Å². The van der Waals surface area contributed by atoms with Crippen molar-refractivity contribution in [2.75, 3.05) is 5.32 Å². The van der Waals surface area contributed by atoms with E-state index in [-0.39, 0.29) is 17.7 Å². The predicted octanol–water partition coefficient (Wildman–Crippen LogP) is 2.79. The summed E-state index contributed by atoms with van der Waals surface area (Å²) in [5.41, 5.74) is 2.40. The van der Waals surface area contributed by atoms with E-state index < -0.39 is 11.4 Å². The summed E-state index contributed by atoms with van der Waals surface area (Å²) in [6.45, 7) is 3.59. The zero-order valence-corrected chi connectivity index (χ0v) is 15.4.